The number of methoxy groups -OCH3 is 1. The predicted molar refractivity (Wildman–Crippen MR) is 82.7 cm³/mol. The zero-order valence-electron chi connectivity index (χ0n) is 13.1. The summed E-state index contributed by atoms with van der Waals surface area (Å²) in [7, 11) is 1.72. The van der Waals surface area contributed by atoms with Crippen molar-refractivity contribution < 1.29 is 4.74 Å². The molecule has 0 saturated carbocycles. The summed E-state index contributed by atoms with van der Waals surface area (Å²) >= 11 is 0. The SMILES string of the molecule is CCC(C)CC(CC)N[C@H](C)c1cccc(OC)c1. The molecule has 3 atom stereocenters. The number of nitrogens with one attached hydrogen (secondary N) is 1. The van der Waals surface area contributed by atoms with E-state index in [2.05, 4.69) is 51.2 Å². The van der Waals surface area contributed by atoms with E-state index >= 15 is 0 Å². The van der Waals surface area contributed by atoms with Crippen LogP contribution in [-0.4, -0.2) is 13.2 Å². The zero-order chi connectivity index (χ0) is 14.3. The minimum absolute atomic E-state index is 0.365. The van der Waals surface area contributed by atoms with Crippen LogP contribution in [0.1, 0.15) is 58.6 Å². The van der Waals surface area contributed by atoms with Crippen LogP contribution in [-0.2, 0) is 0 Å². The molecule has 0 aliphatic carbocycles. The maximum atomic E-state index is 5.29. The molecule has 0 saturated heterocycles. The summed E-state index contributed by atoms with van der Waals surface area (Å²) in [6.45, 7) is 9.09. The van der Waals surface area contributed by atoms with E-state index in [0.29, 0.717) is 12.1 Å². The third kappa shape index (κ3) is 5.23. The quantitative estimate of drug-likeness (QED) is 0.742. The number of hydrogen-bond acceptors (Lipinski definition) is 2. The Hall–Kier alpha value is -1.02. The molecular formula is C17H29NO. The first-order valence-corrected chi connectivity index (χ1v) is 7.50. The van der Waals surface area contributed by atoms with Gasteiger partial charge in [-0.15, -0.1) is 0 Å². The summed E-state index contributed by atoms with van der Waals surface area (Å²) in [6.07, 6.45) is 3.69. The summed E-state index contributed by atoms with van der Waals surface area (Å²) in [5.41, 5.74) is 1.29. The molecule has 0 heterocycles. The molecule has 108 valence electrons. The molecule has 1 aromatic carbocycles. The standard InChI is InChI=1S/C17H29NO/c1-6-13(3)11-16(7-2)18-14(4)15-9-8-10-17(12-15)19-5/h8-10,12-14,16,18H,6-7,11H2,1-5H3/t13?,14-,16?/m1/s1. The molecule has 1 aromatic rings. The molecular weight excluding hydrogens is 234 g/mol. The van der Waals surface area contributed by atoms with Crippen molar-refractivity contribution in [3.8, 4) is 5.75 Å². The molecule has 2 nitrogen and oxygen atoms in total. The molecule has 2 heteroatoms. The first-order chi connectivity index (χ1) is 9.10. The fourth-order valence-electron chi connectivity index (χ4n) is 2.37. The molecule has 0 aromatic heterocycles. The van der Waals surface area contributed by atoms with E-state index in [1.165, 1.54) is 24.8 Å². The molecule has 0 aliphatic rings. The average Bonchev–Trinajstić information content (AvgIpc) is 2.46. The van der Waals surface area contributed by atoms with Crippen molar-refractivity contribution in [3.63, 3.8) is 0 Å². The summed E-state index contributed by atoms with van der Waals surface area (Å²) in [6, 6.07) is 9.29. The highest BCUT2D eigenvalue weighted by Crippen LogP contribution is 2.21. The highest BCUT2D eigenvalue weighted by molar-refractivity contribution is 5.30. The largest absolute Gasteiger partial charge is 0.497 e. The number of ether oxygens (including phenoxy) is 1. The van der Waals surface area contributed by atoms with Gasteiger partial charge in [0.25, 0.3) is 0 Å². The zero-order valence-corrected chi connectivity index (χ0v) is 13.1. The minimum Gasteiger partial charge on any atom is -0.497 e. The molecule has 0 bridgehead atoms. The van der Waals surface area contributed by atoms with E-state index in [1.807, 2.05) is 6.07 Å². The normalized spacial score (nSPS) is 15.8. The van der Waals surface area contributed by atoms with Crippen LogP contribution in [0.3, 0.4) is 0 Å². The predicted octanol–water partition coefficient (Wildman–Crippen LogP) is 4.56. The van der Waals surface area contributed by atoms with Gasteiger partial charge in [0.15, 0.2) is 0 Å². The topological polar surface area (TPSA) is 21.3 Å². The van der Waals surface area contributed by atoms with Crippen molar-refractivity contribution in [2.24, 2.45) is 5.92 Å². The molecule has 0 aliphatic heterocycles. The third-order valence-electron chi connectivity index (χ3n) is 3.96. The minimum atomic E-state index is 0.365. The van der Waals surface area contributed by atoms with E-state index in [0.717, 1.165) is 11.7 Å². The van der Waals surface area contributed by atoms with Crippen LogP contribution in [0, 0.1) is 5.92 Å². The van der Waals surface area contributed by atoms with Gasteiger partial charge in [0.2, 0.25) is 0 Å². The van der Waals surface area contributed by atoms with E-state index in [-0.39, 0.29) is 0 Å². The Kier molecular flexibility index (Phi) is 6.93. The maximum absolute atomic E-state index is 5.29. The molecule has 0 fully saturated rings. The molecule has 0 radical (unpaired) electrons. The van der Waals surface area contributed by atoms with Gasteiger partial charge in [0.1, 0.15) is 5.75 Å². The second-order valence-corrected chi connectivity index (χ2v) is 5.52. The summed E-state index contributed by atoms with van der Waals surface area (Å²) in [5, 5.41) is 3.74. The Morgan fingerprint density at radius 2 is 1.89 bits per heavy atom. The van der Waals surface area contributed by atoms with Crippen LogP contribution in [0.25, 0.3) is 0 Å². The van der Waals surface area contributed by atoms with E-state index in [1.54, 1.807) is 7.11 Å². The van der Waals surface area contributed by atoms with Crippen LogP contribution in [0.15, 0.2) is 24.3 Å². The van der Waals surface area contributed by atoms with Crippen LogP contribution in [0.5, 0.6) is 5.75 Å². The van der Waals surface area contributed by atoms with E-state index in [4.69, 9.17) is 4.74 Å². The number of rotatable bonds is 8. The first kappa shape index (κ1) is 16.0. The van der Waals surface area contributed by atoms with Crippen molar-refractivity contribution in [2.75, 3.05) is 7.11 Å². The van der Waals surface area contributed by atoms with Gasteiger partial charge in [-0.2, -0.15) is 0 Å². The van der Waals surface area contributed by atoms with Crippen LogP contribution >= 0.6 is 0 Å². The van der Waals surface area contributed by atoms with Gasteiger partial charge in [-0.05, 0) is 43.4 Å². The van der Waals surface area contributed by atoms with Gasteiger partial charge in [-0.3, -0.25) is 0 Å². The summed E-state index contributed by atoms with van der Waals surface area (Å²) < 4.78 is 5.29. The van der Waals surface area contributed by atoms with Crippen LogP contribution in [0.2, 0.25) is 0 Å². The highest BCUT2D eigenvalue weighted by Gasteiger charge is 2.14. The molecule has 0 spiro atoms. The van der Waals surface area contributed by atoms with Gasteiger partial charge in [-0.25, -0.2) is 0 Å². The third-order valence-corrected chi connectivity index (χ3v) is 3.96. The average molecular weight is 263 g/mol. The molecule has 1 rings (SSSR count). The van der Waals surface area contributed by atoms with Gasteiger partial charge in [0.05, 0.1) is 7.11 Å². The fourth-order valence-corrected chi connectivity index (χ4v) is 2.37. The fraction of sp³-hybridized carbons (Fsp3) is 0.647. The van der Waals surface area contributed by atoms with E-state index in [9.17, 15) is 0 Å². The Labute approximate surface area is 118 Å². The Bertz CT molecular complexity index is 364. The smallest absolute Gasteiger partial charge is 0.119 e. The molecule has 19 heavy (non-hydrogen) atoms. The molecule has 1 N–H and O–H groups in total. The Balaban J connectivity index is 2.62. The number of benzene rings is 1. The van der Waals surface area contributed by atoms with Gasteiger partial charge in [0, 0.05) is 12.1 Å². The van der Waals surface area contributed by atoms with Gasteiger partial charge < -0.3 is 10.1 Å². The Morgan fingerprint density at radius 3 is 2.47 bits per heavy atom. The lowest BCUT2D eigenvalue weighted by Gasteiger charge is -2.25. The summed E-state index contributed by atoms with van der Waals surface area (Å²) in [5.74, 6) is 1.72. The van der Waals surface area contributed by atoms with Crippen molar-refractivity contribution in [1.29, 1.82) is 0 Å². The lowest BCUT2D eigenvalue weighted by Crippen LogP contribution is -2.32. The molecule has 2 unspecified atom stereocenters. The van der Waals surface area contributed by atoms with Crippen molar-refractivity contribution in [1.82, 2.24) is 5.32 Å². The van der Waals surface area contributed by atoms with Crippen LogP contribution in [0.4, 0.5) is 0 Å². The second-order valence-electron chi connectivity index (χ2n) is 5.52. The first-order valence-electron chi connectivity index (χ1n) is 7.50. The van der Waals surface area contributed by atoms with Crippen LogP contribution < -0.4 is 10.1 Å². The monoisotopic (exact) mass is 263 g/mol. The lowest BCUT2D eigenvalue weighted by molar-refractivity contribution is 0.358. The highest BCUT2D eigenvalue weighted by atomic mass is 16.5. The summed E-state index contributed by atoms with van der Waals surface area (Å²) in [4.78, 5) is 0. The maximum Gasteiger partial charge on any atom is 0.119 e. The van der Waals surface area contributed by atoms with E-state index < -0.39 is 0 Å². The molecule has 0 amide bonds. The van der Waals surface area contributed by atoms with Crippen molar-refractivity contribution >= 4 is 0 Å². The van der Waals surface area contributed by atoms with Gasteiger partial charge >= 0.3 is 0 Å². The number of hydrogen-bond donors (Lipinski definition) is 1. The van der Waals surface area contributed by atoms with Gasteiger partial charge in [-0.1, -0.05) is 39.3 Å². The Morgan fingerprint density at radius 1 is 1.16 bits per heavy atom. The van der Waals surface area contributed by atoms with Crippen molar-refractivity contribution in [3.05, 3.63) is 29.8 Å². The van der Waals surface area contributed by atoms with Crippen molar-refractivity contribution in [2.45, 2.75) is 59.0 Å². The lowest BCUT2D eigenvalue weighted by atomic mass is 9.96. The second kappa shape index (κ2) is 8.21.